The van der Waals surface area contributed by atoms with Gasteiger partial charge in [0, 0.05) is 29.2 Å². The van der Waals surface area contributed by atoms with Crippen molar-refractivity contribution in [3.63, 3.8) is 0 Å². The number of hydrogen-bond acceptors (Lipinski definition) is 5. The van der Waals surface area contributed by atoms with E-state index in [1.54, 1.807) is 23.0 Å². The molecule has 1 aliphatic rings. The second-order valence-electron chi connectivity index (χ2n) is 6.71. The summed E-state index contributed by atoms with van der Waals surface area (Å²) in [5.41, 5.74) is 3.13. The van der Waals surface area contributed by atoms with Gasteiger partial charge >= 0.3 is 0 Å². The first-order valence-electron chi connectivity index (χ1n) is 9.08. The predicted octanol–water partition coefficient (Wildman–Crippen LogP) is 3.11. The molecule has 2 aromatic heterocycles. The second-order valence-corrected chi connectivity index (χ2v) is 6.71. The summed E-state index contributed by atoms with van der Waals surface area (Å²) < 4.78 is 3.62. The van der Waals surface area contributed by atoms with Gasteiger partial charge in [0.05, 0.1) is 11.7 Å². The van der Waals surface area contributed by atoms with Crippen LogP contribution >= 0.6 is 0 Å². The topological polar surface area (TPSA) is 90.5 Å². The van der Waals surface area contributed by atoms with Crippen LogP contribution in [0.3, 0.4) is 0 Å². The van der Waals surface area contributed by atoms with Crippen molar-refractivity contribution in [1.82, 2.24) is 30.0 Å². The van der Waals surface area contributed by atoms with Gasteiger partial charge in [-0.1, -0.05) is 0 Å². The highest BCUT2D eigenvalue weighted by molar-refractivity contribution is 6.04. The predicted molar refractivity (Wildman–Crippen MR) is 103 cm³/mol. The van der Waals surface area contributed by atoms with E-state index in [0.29, 0.717) is 11.6 Å². The summed E-state index contributed by atoms with van der Waals surface area (Å²) in [6.45, 7) is 0. The monoisotopic (exact) mass is 371 g/mol. The molecule has 138 valence electrons. The number of amides is 1. The van der Waals surface area contributed by atoms with Gasteiger partial charge in [-0.2, -0.15) is 5.10 Å². The van der Waals surface area contributed by atoms with Crippen LogP contribution in [0, 0.1) is 0 Å². The highest BCUT2D eigenvalue weighted by Gasteiger charge is 2.28. The fraction of sp³-hybridized carbons (Fsp3) is 0.150. The van der Waals surface area contributed by atoms with Gasteiger partial charge in [0.15, 0.2) is 5.82 Å². The van der Waals surface area contributed by atoms with Crippen LogP contribution in [-0.4, -0.2) is 35.9 Å². The first kappa shape index (κ1) is 16.4. The first-order valence-corrected chi connectivity index (χ1v) is 9.08. The maximum atomic E-state index is 12.5. The Morgan fingerprint density at radius 2 is 1.82 bits per heavy atom. The van der Waals surface area contributed by atoms with Crippen LogP contribution in [0.4, 0.5) is 5.69 Å². The number of carbonyl (C=O) groups excluding carboxylic acids is 1. The Bertz CT molecular complexity index is 1090. The Morgan fingerprint density at radius 3 is 2.50 bits per heavy atom. The van der Waals surface area contributed by atoms with Crippen molar-refractivity contribution >= 4 is 11.6 Å². The summed E-state index contributed by atoms with van der Waals surface area (Å²) in [6, 6.07) is 17.1. The fourth-order valence-corrected chi connectivity index (χ4v) is 3.04. The van der Waals surface area contributed by atoms with Gasteiger partial charge in [-0.05, 0) is 77.9 Å². The van der Waals surface area contributed by atoms with Gasteiger partial charge in [-0.15, -0.1) is 5.10 Å². The Hall–Kier alpha value is -3.81. The maximum absolute atomic E-state index is 12.5. The molecular formula is C20H17N7O. The Morgan fingerprint density at radius 1 is 1.04 bits per heavy atom. The van der Waals surface area contributed by atoms with Crippen molar-refractivity contribution in [3.8, 4) is 17.1 Å². The number of aromatic nitrogens is 6. The third-order valence-corrected chi connectivity index (χ3v) is 4.68. The van der Waals surface area contributed by atoms with Crippen molar-refractivity contribution in [1.29, 1.82) is 0 Å². The number of nitrogens with one attached hydrogen (secondary N) is 1. The van der Waals surface area contributed by atoms with Crippen LogP contribution in [0.2, 0.25) is 0 Å². The third-order valence-electron chi connectivity index (χ3n) is 4.68. The summed E-state index contributed by atoms with van der Waals surface area (Å²) in [5.74, 6) is 0.595. The van der Waals surface area contributed by atoms with Crippen molar-refractivity contribution < 1.29 is 4.79 Å². The molecule has 1 aliphatic carbocycles. The summed E-state index contributed by atoms with van der Waals surface area (Å²) in [7, 11) is 0. The molecule has 2 heterocycles. The van der Waals surface area contributed by atoms with Gasteiger partial charge < -0.3 is 5.32 Å². The lowest BCUT2D eigenvalue weighted by Crippen LogP contribution is -2.12. The van der Waals surface area contributed by atoms with E-state index in [4.69, 9.17) is 0 Å². The molecule has 0 spiro atoms. The average Bonchev–Trinajstić information content (AvgIpc) is 3.22. The van der Waals surface area contributed by atoms with Gasteiger partial charge in [-0.3, -0.25) is 4.79 Å². The van der Waals surface area contributed by atoms with Crippen molar-refractivity contribution in [2.45, 2.75) is 18.9 Å². The highest BCUT2D eigenvalue weighted by atomic mass is 16.1. The van der Waals surface area contributed by atoms with Gasteiger partial charge in [0.25, 0.3) is 5.91 Å². The van der Waals surface area contributed by atoms with Gasteiger partial charge in [0.1, 0.15) is 0 Å². The third kappa shape index (κ3) is 3.16. The number of nitrogens with zero attached hydrogens (tertiary/aromatic N) is 6. The molecule has 0 saturated heterocycles. The van der Waals surface area contributed by atoms with Crippen LogP contribution < -0.4 is 5.32 Å². The molecule has 8 heteroatoms. The maximum Gasteiger partial charge on any atom is 0.255 e. The molecule has 1 N–H and O–H groups in total. The lowest BCUT2D eigenvalue weighted by Gasteiger charge is -2.08. The number of anilines is 1. The Balaban J connectivity index is 1.29. The summed E-state index contributed by atoms with van der Waals surface area (Å²) >= 11 is 0. The molecule has 8 nitrogen and oxygen atoms in total. The normalized spacial score (nSPS) is 13.4. The molecule has 0 unspecified atom stereocenters. The highest BCUT2D eigenvalue weighted by Crippen LogP contribution is 2.36. The lowest BCUT2D eigenvalue weighted by molar-refractivity contribution is 0.102. The van der Waals surface area contributed by atoms with E-state index in [1.807, 2.05) is 53.3 Å². The summed E-state index contributed by atoms with van der Waals surface area (Å²) in [5, 5.41) is 19.1. The number of hydrogen-bond donors (Lipinski definition) is 1. The fourth-order valence-electron chi connectivity index (χ4n) is 3.04. The van der Waals surface area contributed by atoms with Crippen LogP contribution in [0.25, 0.3) is 17.1 Å². The molecule has 5 rings (SSSR count). The van der Waals surface area contributed by atoms with E-state index in [0.717, 1.165) is 35.6 Å². The van der Waals surface area contributed by atoms with Crippen LogP contribution in [0.15, 0.2) is 67.0 Å². The SMILES string of the molecule is O=C(Nc1ccc(-c2nnnn2C2CC2)cc1)c1ccc(-n2cccn2)cc1. The van der Waals surface area contributed by atoms with E-state index >= 15 is 0 Å². The zero-order chi connectivity index (χ0) is 18.9. The number of benzene rings is 2. The van der Waals surface area contributed by atoms with Crippen LogP contribution in [0.5, 0.6) is 0 Å². The molecule has 0 aliphatic heterocycles. The Kier molecular flexibility index (Phi) is 3.93. The van der Waals surface area contributed by atoms with Crippen molar-refractivity contribution in [2.24, 2.45) is 0 Å². The molecular weight excluding hydrogens is 354 g/mol. The minimum absolute atomic E-state index is 0.164. The van der Waals surface area contributed by atoms with Crippen LogP contribution in [0.1, 0.15) is 29.2 Å². The van der Waals surface area contributed by atoms with Crippen LogP contribution in [-0.2, 0) is 0 Å². The molecule has 0 radical (unpaired) electrons. The zero-order valence-electron chi connectivity index (χ0n) is 14.9. The molecule has 28 heavy (non-hydrogen) atoms. The Labute approximate surface area is 160 Å². The molecule has 2 aromatic carbocycles. The van der Waals surface area contributed by atoms with E-state index in [2.05, 4.69) is 25.9 Å². The number of tetrazole rings is 1. The van der Waals surface area contributed by atoms with Crippen molar-refractivity contribution in [2.75, 3.05) is 5.32 Å². The molecule has 1 saturated carbocycles. The molecule has 0 bridgehead atoms. The van der Waals surface area contributed by atoms with Crippen molar-refractivity contribution in [3.05, 3.63) is 72.6 Å². The van der Waals surface area contributed by atoms with E-state index in [9.17, 15) is 4.79 Å². The standard InChI is InChI=1S/C20H17N7O/c28-20(15-4-8-17(9-5-15)26-13-1-12-21-26)22-16-6-2-14(3-7-16)19-23-24-25-27(19)18-10-11-18/h1-9,12-13,18H,10-11H2,(H,22,28). The lowest BCUT2D eigenvalue weighted by atomic mass is 10.1. The molecule has 1 fully saturated rings. The smallest absolute Gasteiger partial charge is 0.255 e. The second kappa shape index (κ2) is 6.73. The van der Waals surface area contributed by atoms with Gasteiger partial charge in [0.2, 0.25) is 0 Å². The zero-order valence-corrected chi connectivity index (χ0v) is 14.9. The molecule has 4 aromatic rings. The summed E-state index contributed by atoms with van der Waals surface area (Å²) in [4.78, 5) is 12.5. The molecule has 0 atom stereocenters. The largest absolute Gasteiger partial charge is 0.322 e. The van der Waals surface area contributed by atoms with E-state index in [1.165, 1.54) is 0 Å². The van der Waals surface area contributed by atoms with Gasteiger partial charge in [-0.25, -0.2) is 9.36 Å². The summed E-state index contributed by atoms with van der Waals surface area (Å²) in [6.07, 6.45) is 5.81. The quantitative estimate of drug-likeness (QED) is 0.582. The number of carbonyl (C=O) groups is 1. The first-order chi connectivity index (χ1) is 13.8. The molecule has 1 amide bonds. The minimum atomic E-state index is -0.164. The number of rotatable bonds is 5. The minimum Gasteiger partial charge on any atom is -0.322 e. The van der Waals surface area contributed by atoms with E-state index < -0.39 is 0 Å². The van der Waals surface area contributed by atoms with E-state index in [-0.39, 0.29) is 5.91 Å². The average molecular weight is 371 g/mol.